The molecule has 0 bridgehead atoms. The van der Waals surface area contributed by atoms with Gasteiger partial charge in [0.1, 0.15) is 0 Å². The lowest BCUT2D eigenvalue weighted by Crippen LogP contribution is -2.32. The predicted octanol–water partition coefficient (Wildman–Crippen LogP) is 2.91. The van der Waals surface area contributed by atoms with Crippen molar-refractivity contribution in [3.8, 4) is 0 Å². The zero-order chi connectivity index (χ0) is 13.8. The maximum atomic E-state index is 12.0. The number of hydrogen-bond acceptors (Lipinski definition) is 2. The zero-order valence-electron chi connectivity index (χ0n) is 11.5. The molecule has 0 spiro atoms. The van der Waals surface area contributed by atoms with Gasteiger partial charge in [0.15, 0.2) is 0 Å². The third kappa shape index (κ3) is 4.05. The van der Waals surface area contributed by atoms with E-state index in [1.165, 1.54) is 6.42 Å². The molecule has 1 aliphatic rings. The number of nitrogens with zero attached hydrogens (tertiary/aromatic N) is 1. The second kappa shape index (κ2) is 6.53. The lowest BCUT2D eigenvalue weighted by molar-refractivity contribution is 0.0947. The quantitative estimate of drug-likeness (QED) is 0.923. The summed E-state index contributed by atoms with van der Waals surface area (Å²) in [6.45, 7) is 7.46. The number of carbonyl (C=O) groups is 1. The Morgan fingerprint density at radius 2 is 2.32 bits per heavy atom. The first-order valence-electron chi connectivity index (χ1n) is 6.84. The largest absolute Gasteiger partial charge is 0.352 e. The first-order chi connectivity index (χ1) is 9.06. The minimum Gasteiger partial charge on any atom is -0.352 e. The minimum atomic E-state index is 0.0179. The Morgan fingerprint density at radius 1 is 1.53 bits per heavy atom. The molecule has 0 radical (unpaired) electrons. The Bertz CT molecular complexity index is 448. The van der Waals surface area contributed by atoms with Gasteiger partial charge >= 0.3 is 0 Å². The van der Waals surface area contributed by atoms with Gasteiger partial charge in [0.2, 0.25) is 0 Å². The van der Waals surface area contributed by atoms with Crippen LogP contribution < -0.4 is 5.32 Å². The van der Waals surface area contributed by atoms with Crippen LogP contribution in [0.3, 0.4) is 0 Å². The molecule has 1 aromatic carbocycles. The molecule has 1 saturated heterocycles. The highest BCUT2D eigenvalue weighted by atomic mass is 79.9. The molecule has 1 aliphatic heterocycles. The van der Waals surface area contributed by atoms with Gasteiger partial charge in [0, 0.05) is 29.2 Å². The molecule has 19 heavy (non-hydrogen) atoms. The SMILES string of the molecule is CC(C)N1CC[C@H](CNC(=O)c2cccc(Br)c2)C1. The molecule has 4 heteroatoms. The molecule has 1 aromatic rings. The summed E-state index contributed by atoms with van der Waals surface area (Å²) < 4.78 is 0.937. The van der Waals surface area contributed by atoms with Gasteiger partial charge in [-0.05, 0) is 50.9 Å². The van der Waals surface area contributed by atoms with Crippen molar-refractivity contribution in [2.24, 2.45) is 5.92 Å². The number of benzene rings is 1. The zero-order valence-corrected chi connectivity index (χ0v) is 13.1. The van der Waals surface area contributed by atoms with Gasteiger partial charge in [-0.3, -0.25) is 4.79 Å². The second-order valence-corrected chi connectivity index (χ2v) is 6.38. The summed E-state index contributed by atoms with van der Waals surface area (Å²) in [4.78, 5) is 14.5. The van der Waals surface area contributed by atoms with Gasteiger partial charge in [-0.25, -0.2) is 0 Å². The van der Waals surface area contributed by atoms with E-state index in [1.54, 1.807) is 0 Å². The molecule has 1 heterocycles. The smallest absolute Gasteiger partial charge is 0.251 e. The topological polar surface area (TPSA) is 32.3 Å². The second-order valence-electron chi connectivity index (χ2n) is 5.46. The van der Waals surface area contributed by atoms with Crippen LogP contribution in [0.5, 0.6) is 0 Å². The molecule has 0 aliphatic carbocycles. The number of amides is 1. The number of hydrogen-bond donors (Lipinski definition) is 1. The minimum absolute atomic E-state index is 0.0179. The van der Waals surface area contributed by atoms with Crippen molar-refractivity contribution in [2.45, 2.75) is 26.3 Å². The molecule has 0 aromatic heterocycles. The number of likely N-dealkylation sites (tertiary alicyclic amines) is 1. The summed E-state index contributed by atoms with van der Waals surface area (Å²) in [6.07, 6.45) is 1.18. The maximum Gasteiger partial charge on any atom is 0.251 e. The predicted molar refractivity (Wildman–Crippen MR) is 81.3 cm³/mol. The summed E-state index contributed by atoms with van der Waals surface area (Å²) in [5, 5.41) is 3.04. The van der Waals surface area contributed by atoms with Crippen LogP contribution in [0.4, 0.5) is 0 Å². The van der Waals surface area contributed by atoms with E-state index >= 15 is 0 Å². The van der Waals surface area contributed by atoms with Crippen LogP contribution in [0.1, 0.15) is 30.6 Å². The van der Waals surface area contributed by atoms with E-state index in [-0.39, 0.29) is 5.91 Å². The van der Waals surface area contributed by atoms with E-state index in [0.717, 1.165) is 24.1 Å². The highest BCUT2D eigenvalue weighted by Gasteiger charge is 2.24. The van der Waals surface area contributed by atoms with Crippen molar-refractivity contribution in [1.82, 2.24) is 10.2 Å². The number of rotatable bonds is 4. The number of nitrogens with one attached hydrogen (secondary N) is 1. The van der Waals surface area contributed by atoms with Gasteiger partial charge in [-0.1, -0.05) is 22.0 Å². The molecule has 3 nitrogen and oxygen atoms in total. The molecule has 0 saturated carbocycles. The standard InChI is InChI=1S/C15H21BrN2O/c1-11(2)18-7-6-12(10-18)9-17-15(19)13-4-3-5-14(16)8-13/h3-5,8,11-12H,6-7,9-10H2,1-2H3,(H,17,19)/t12-/m1/s1. The van der Waals surface area contributed by atoms with E-state index in [0.29, 0.717) is 17.5 Å². The van der Waals surface area contributed by atoms with Crippen LogP contribution in [-0.2, 0) is 0 Å². The average molecular weight is 325 g/mol. The van der Waals surface area contributed by atoms with Gasteiger partial charge in [0.25, 0.3) is 5.91 Å². The highest BCUT2D eigenvalue weighted by molar-refractivity contribution is 9.10. The molecule has 0 unspecified atom stereocenters. The lowest BCUT2D eigenvalue weighted by Gasteiger charge is -2.20. The van der Waals surface area contributed by atoms with Crippen molar-refractivity contribution in [3.05, 3.63) is 34.3 Å². The van der Waals surface area contributed by atoms with Crippen molar-refractivity contribution in [2.75, 3.05) is 19.6 Å². The van der Waals surface area contributed by atoms with Gasteiger partial charge in [-0.15, -0.1) is 0 Å². The molecular formula is C15H21BrN2O. The Balaban J connectivity index is 1.82. The summed E-state index contributed by atoms with van der Waals surface area (Å²) >= 11 is 3.38. The van der Waals surface area contributed by atoms with Crippen LogP contribution in [0, 0.1) is 5.92 Å². The Hall–Kier alpha value is -0.870. The molecule has 104 valence electrons. The summed E-state index contributed by atoms with van der Waals surface area (Å²) in [5.74, 6) is 0.600. The Morgan fingerprint density at radius 3 is 2.95 bits per heavy atom. The van der Waals surface area contributed by atoms with Crippen molar-refractivity contribution in [3.63, 3.8) is 0 Å². The first-order valence-corrected chi connectivity index (χ1v) is 7.63. The van der Waals surface area contributed by atoms with Crippen molar-refractivity contribution in [1.29, 1.82) is 0 Å². The van der Waals surface area contributed by atoms with Gasteiger partial charge in [-0.2, -0.15) is 0 Å². The number of carbonyl (C=O) groups excluding carboxylic acids is 1. The van der Waals surface area contributed by atoms with Crippen LogP contribution in [0.15, 0.2) is 28.7 Å². The lowest BCUT2D eigenvalue weighted by atomic mass is 10.1. The fourth-order valence-electron chi connectivity index (χ4n) is 2.47. The van der Waals surface area contributed by atoms with Crippen molar-refractivity contribution < 1.29 is 4.79 Å². The van der Waals surface area contributed by atoms with E-state index in [1.807, 2.05) is 24.3 Å². The van der Waals surface area contributed by atoms with Crippen LogP contribution in [0.25, 0.3) is 0 Å². The van der Waals surface area contributed by atoms with Gasteiger partial charge in [0.05, 0.1) is 0 Å². The third-order valence-electron chi connectivity index (χ3n) is 3.69. The molecule has 1 fully saturated rings. The summed E-state index contributed by atoms with van der Waals surface area (Å²) in [5.41, 5.74) is 0.716. The van der Waals surface area contributed by atoms with E-state index < -0.39 is 0 Å². The van der Waals surface area contributed by atoms with Crippen molar-refractivity contribution >= 4 is 21.8 Å². The Kier molecular flexibility index (Phi) is 4.99. The Labute approximate surface area is 123 Å². The monoisotopic (exact) mass is 324 g/mol. The molecule has 1 N–H and O–H groups in total. The molecule has 2 rings (SSSR count). The fourth-order valence-corrected chi connectivity index (χ4v) is 2.87. The normalized spacial score (nSPS) is 19.9. The average Bonchev–Trinajstić information content (AvgIpc) is 2.85. The third-order valence-corrected chi connectivity index (χ3v) is 4.18. The first kappa shape index (κ1) is 14.5. The van der Waals surface area contributed by atoms with Crippen LogP contribution in [0.2, 0.25) is 0 Å². The van der Waals surface area contributed by atoms with Crippen LogP contribution >= 0.6 is 15.9 Å². The van der Waals surface area contributed by atoms with E-state index in [4.69, 9.17) is 0 Å². The number of halogens is 1. The van der Waals surface area contributed by atoms with Crippen LogP contribution in [-0.4, -0.2) is 36.5 Å². The highest BCUT2D eigenvalue weighted by Crippen LogP contribution is 2.18. The summed E-state index contributed by atoms with van der Waals surface area (Å²) in [6, 6.07) is 8.11. The molecule has 1 atom stereocenters. The van der Waals surface area contributed by atoms with E-state index in [2.05, 4.69) is 40.0 Å². The molecular weight excluding hydrogens is 304 g/mol. The van der Waals surface area contributed by atoms with Gasteiger partial charge < -0.3 is 10.2 Å². The molecule has 1 amide bonds. The summed E-state index contributed by atoms with van der Waals surface area (Å²) in [7, 11) is 0. The maximum absolute atomic E-state index is 12.0. The van der Waals surface area contributed by atoms with E-state index in [9.17, 15) is 4.79 Å². The fraction of sp³-hybridized carbons (Fsp3) is 0.533.